The number of nitrogens with one attached hydrogen (secondary N) is 1. The summed E-state index contributed by atoms with van der Waals surface area (Å²) in [5.41, 5.74) is 2.37. The first-order valence-electron chi connectivity index (χ1n) is 10.5. The normalized spacial score (nSPS) is 13.5. The molecule has 2 aromatic heterocycles. The van der Waals surface area contributed by atoms with Crippen molar-refractivity contribution >= 4 is 5.91 Å². The van der Waals surface area contributed by atoms with Gasteiger partial charge in [-0.15, -0.1) is 10.2 Å². The number of aryl methyl sites for hydroxylation is 3. The highest BCUT2D eigenvalue weighted by atomic mass is 16.5. The monoisotopic (exact) mass is 409 g/mol. The molecule has 0 radical (unpaired) electrons. The van der Waals surface area contributed by atoms with Crippen molar-refractivity contribution in [1.82, 2.24) is 25.2 Å². The van der Waals surface area contributed by atoms with E-state index in [2.05, 4.69) is 25.2 Å². The van der Waals surface area contributed by atoms with Crippen LogP contribution in [0.15, 0.2) is 28.8 Å². The second-order valence-electron chi connectivity index (χ2n) is 7.62. The van der Waals surface area contributed by atoms with Crippen LogP contribution in [0, 0.1) is 13.8 Å². The molecule has 0 fully saturated rings. The van der Waals surface area contributed by atoms with E-state index in [4.69, 9.17) is 9.26 Å². The van der Waals surface area contributed by atoms with E-state index in [0.29, 0.717) is 30.9 Å². The Morgan fingerprint density at radius 1 is 1.17 bits per heavy atom. The van der Waals surface area contributed by atoms with Gasteiger partial charge in [0.15, 0.2) is 0 Å². The molecule has 3 heterocycles. The van der Waals surface area contributed by atoms with Gasteiger partial charge in [0.2, 0.25) is 0 Å². The molecule has 1 N–H and O–H groups in total. The van der Waals surface area contributed by atoms with Crippen LogP contribution in [-0.2, 0) is 26.0 Å². The molecule has 0 saturated heterocycles. The minimum absolute atomic E-state index is 0.108. The van der Waals surface area contributed by atoms with E-state index in [9.17, 15) is 4.79 Å². The molecular formula is C22H27N5O3. The Morgan fingerprint density at radius 2 is 2.00 bits per heavy atom. The molecule has 0 unspecified atom stereocenters. The van der Waals surface area contributed by atoms with Gasteiger partial charge in [-0.2, -0.15) is 0 Å². The van der Waals surface area contributed by atoms with Gasteiger partial charge >= 0.3 is 0 Å². The number of carbonyl (C=O) groups excluding carboxylic acids is 1. The highest BCUT2D eigenvalue weighted by molar-refractivity contribution is 5.94. The molecule has 1 aliphatic rings. The second kappa shape index (κ2) is 9.11. The summed E-state index contributed by atoms with van der Waals surface area (Å²) in [6.45, 7) is 5.64. The number of hydrogen-bond donors (Lipinski definition) is 1. The molecule has 1 aromatic carbocycles. The first-order chi connectivity index (χ1) is 14.6. The third kappa shape index (κ3) is 4.53. The van der Waals surface area contributed by atoms with Crippen LogP contribution in [0.2, 0.25) is 0 Å². The molecule has 0 atom stereocenters. The van der Waals surface area contributed by atoms with Crippen LogP contribution in [0.5, 0.6) is 5.75 Å². The number of amides is 1. The summed E-state index contributed by atoms with van der Waals surface area (Å²) in [4.78, 5) is 12.4. The summed E-state index contributed by atoms with van der Waals surface area (Å²) >= 11 is 0. The van der Waals surface area contributed by atoms with Crippen LogP contribution in [0.4, 0.5) is 0 Å². The number of nitrogens with zero attached hydrogens (tertiary/aromatic N) is 4. The van der Waals surface area contributed by atoms with Gasteiger partial charge in [-0.05, 0) is 51.0 Å². The highest BCUT2D eigenvalue weighted by Crippen LogP contribution is 2.18. The second-order valence-corrected chi connectivity index (χ2v) is 7.62. The van der Waals surface area contributed by atoms with Crippen LogP contribution in [0.25, 0.3) is 0 Å². The molecule has 1 aliphatic heterocycles. The summed E-state index contributed by atoms with van der Waals surface area (Å²) in [5.74, 6) is 3.37. The average Bonchev–Trinajstić information content (AvgIpc) is 3.18. The predicted octanol–water partition coefficient (Wildman–Crippen LogP) is 3.16. The number of rotatable bonds is 7. The fourth-order valence-corrected chi connectivity index (χ4v) is 3.69. The van der Waals surface area contributed by atoms with Gasteiger partial charge in [-0.25, -0.2) is 0 Å². The van der Waals surface area contributed by atoms with Crippen LogP contribution in [0.1, 0.15) is 58.3 Å². The average molecular weight is 409 g/mol. The van der Waals surface area contributed by atoms with Gasteiger partial charge in [0.25, 0.3) is 5.91 Å². The lowest BCUT2D eigenvalue weighted by atomic mass is 10.2. The lowest BCUT2D eigenvalue weighted by Gasteiger charge is -2.09. The molecule has 8 heteroatoms. The largest absolute Gasteiger partial charge is 0.489 e. The first-order valence-corrected chi connectivity index (χ1v) is 10.5. The minimum atomic E-state index is -0.108. The van der Waals surface area contributed by atoms with E-state index in [1.165, 1.54) is 12.8 Å². The molecule has 8 nitrogen and oxygen atoms in total. The topological polar surface area (TPSA) is 95.1 Å². The number of benzene rings is 1. The molecule has 3 aromatic rings. The molecule has 158 valence electrons. The number of hydrogen-bond acceptors (Lipinski definition) is 6. The van der Waals surface area contributed by atoms with Crippen molar-refractivity contribution in [1.29, 1.82) is 0 Å². The van der Waals surface area contributed by atoms with Crippen LogP contribution < -0.4 is 10.1 Å². The van der Waals surface area contributed by atoms with Gasteiger partial charge in [0.1, 0.15) is 29.8 Å². The number of ether oxygens (including phenoxy) is 1. The lowest BCUT2D eigenvalue weighted by Crippen LogP contribution is -2.26. The molecule has 1 amide bonds. The summed E-state index contributed by atoms with van der Waals surface area (Å²) in [6.07, 6.45) is 5.24. The van der Waals surface area contributed by atoms with E-state index in [1.54, 1.807) is 24.3 Å². The summed E-state index contributed by atoms with van der Waals surface area (Å²) in [6, 6.07) is 7.12. The molecule has 0 aliphatic carbocycles. The fourth-order valence-electron chi connectivity index (χ4n) is 3.69. The maximum atomic E-state index is 12.4. The third-order valence-corrected chi connectivity index (χ3v) is 5.50. The molecule has 0 bridgehead atoms. The maximum absolute atomic E-state index is 12.4. The van der Waals surface area contributed by atoms with Gasteiger partial charge in [0, 0.05) is 31.5 Å². The number of aromatic nitrogens is 4. The Hall–Kier alpha value is -3.16. The Labute approximate surface area is 175 Å². The fraction of sp³-hybridized carbons (Fsp3) is 0.455. The Kier molecular flexibility index (Phi) is 6.11. The van der Waals surface area contributed by atoms with Crippen LogP contribution in [0.3, 0.4) is 0 Å². The molecule has 0 spiro atoms. The molecule has 30 heavy (non-hydrogen) atoms. The summed E-state index contributed by atoms with van der Waals surface area (Å²) in [7, 11) is 0. The van der Waals surface area contributed by atoms with Gasteiger partial charge in [-0.1, -0.05) is 11.6 Å². The Bertz CT molecular complexity index is 987. The number of fused-ring (bicyclic) bond motifs is 1. The lowest BCUT2D eigenvalue weighted by molar-refractivity contribution is 0.0954. The number of carbonyl (C=O) groups is 1. The van der Waals surface area contributed by atoms with E-state index in [1.807, 2.05) is 13.8 Å². The zero-order valence-corrected chi connectivity index (χ0v) is 17.5. The van der Waals surface area contributed by atoms with Crippen molar-refractivity contribution in [3.63, 3.8) is 0 Å². The van der Waals surface area contributed by atoms with E-state index in [-0.39, 0.29) is 5.91 Å². The zero-order chi connectivity index (χ0) is 20.9. The van der Waals surface area contributed by atoms with Crippen molar-refractivity contribution in [2.24, 2.45) is 0 Å². The quantitative estimate of drug-likeness (QED) is 0.644. The first kappa shape index (κ1) is 20.1. The maximum Gasteiger partial charge on any atom is 0.251 e. The molecular weight excluding hydrogens is 382 g/mol. The van der Waals surface area contributed by atoms with Gasteiger partial charge in [-0.3, -0.25) is 4.79 Å². The third-order valence-electron chi connectivity index (χ3n) is 5.50. The zero-order valence-electron chi connectivity index (χ0n) is 17.5. The van der Waals surface area contributed by atoms with Crippen LogP contribution >= 0.6 is 0 Å². The molecule has 4 rings (SSSR count). The Morgan fingerprint density at radius 3 is 2.77 bits per heavy atom. The minimum Gasteiger partial charge on any atom is -0.489 e. The highest BCUT2D eigenvalue weighted by Gasteiger charge is 2.15. The summed E-state index contributed by atoms with van der Waals surface area (Å²) in [5, 5.41) is 15.5. The van der Waals surface area contributed by atoms with Crippen molar-refractivity contribution in [2.45, 2.75) is 59.1 Å². The van der Waals surface area contributed by atoms with E-state index in [0.717, 1.165) is 48.1 Å². The van der Waals surface area contributed by atoms with Crippen molar-refractivity contribution in [2.75, 3.05) is 6.54 Å². The SMILES string of the molecule is Cc1noc(C)c1COc1ccc(C(=O)NCCc2nnc3n2CCCCC3)cc1. The van der Waals surface area contributed by atoms with Gasteiger partial charge in [0.05, 0.1) is 11.3 Å². The summed E-state index contributed by atoms with van der Waals surface area (Å²) < 4.78 is 13.1. The van der Waals surface area contributed by atoms with E-state index < -0.39 is 0 Å². The predicted molar refractivity (Wildman–Crippen MR) is 110 cm³/mol. The van der Waals surface area contributed by atoms with Crippen molar-refractivity contribution < 1.29 is 14.1 Å². The smallest absolute Gasteiger partial charge is 0.251 e. The van der Waals surface area contributed by atoms with E-state index >= 15 is 0 Å². The van der Waals surface area contributed by atoms with Crippen molar-refractivity contribution in [3.05, 3.63) is 58.5 Å². The van der Waals surface area contributed by atoms with Crippen LogP contribution in [-0.4, -0.2) is 32.4 Å². The van der Waals surface area contributed by atoms with Gasteiger partial charge < -0.3 is 19.1 Å². The van der Waals surface area contributed by atoms with Crippen molar-refractivity contribution in [3.8, 4) is 5.75 Å². The Balaban J connectivity index is 1.27. The standard InChI is InChI=1S/C22H27N5O3/c1-15-19(16(2)30-26-15)14-29-18-9-7-17(8-10-18)22(28)23-12-11-21-25-24-20-6-4-3-5-13-27(20)21/h7-10H,3-6,11-14H2,1-2H3,(H,23,28). The molecule has 0 saturated carbocycles.